The summed E-state index contributed by atoms with van der Waals surface area (Å²) >= 11 is 1.63. The van der Waals surface area contributed by atoms with Crippen LogP contribution in [-0.2, 0) is 22.7 Å². The first-order valence-corrected chi connectivity index (χ1v) is 9.01. The molecule has 2 aromatic rings. The van der Waals surface area contributed by atoms with Crippen molar-refractivity contribution < 1.29 is 9.59 Å². The fraction of sp³-hybridized carbons (Fsp3) is 0.389. The average Bonchev–Trinajstić information content (AvgIpc) is 3.10. The van der Waals surface area contributed by atoms with Crippen LogP contribution in [0.3, 0.4) is 0 Å². The number of thiophene rings is 1. The average molecular weight is 343 g/mol. The van der Waals surface area contributed by atoms with Gasteiger partial charge in [-0.05, 0) is 40.9 Å². The van der Waals surface area contributed by atoms with Crippen molar-refractivity contribution in [2.24, 2.45) is 5.92 Å². The van der Waals surface area contributed by atoms with Gasteiger partial charge in [-0.2, -0.15) is 11.3 Å². The monoisotopic (exact) mass is 343 g/mol. The van der Waals surface area contributed by atoms with Gasteiger partial charge in [0.1, 0.15) is 0 Å². The van der Waals surface area contributed by atoms with Crippen LogP contribution in [0.2, 0.25) is 0 Å². The van der Waals surface area contributed by atoms with Crippen molar-refractivity contribution in [2.75, 3.05) is 13.6 Å². The quantitative estimate of drug-likeness (QED) is 0.838. The van der Waals surface area contributed by atoms with Crippen LogP contribution in [-0.4, -0.2) is 40.2 Å². The Morgan fingerprint density at radius 2 is 2.29 bits per heavy atom. The van der Waals surface area contributed by atoms with E-state index < -0.39 is 0 Å². The molecule has 1 saturated heterocycles. The molecule has 0 unspecified atom stereocenters. The van der Waals surface area contributed by atoms with Gasteiger partial charge in [-0.25, -0.2) is 0 Å². The van der Waals surface area contributed by atoms with Crippen LogP contribution in [0.5, 0.6) is 0 Å². The topological polar surface area (TPSA) is 53.5 Å². The molecule has 5 nitrogen and oxygen atoms in total. The minimum Gasteiger partial charge on any atom is -0.341 e. The third kappa shape index (κ3) is 4.00. The number of carbonyl (C=O) groups excluding carboxylic acids is 2. The largest absolute Gasteiger partial charge is 0.341 e. The fourth-order valence-corrected chi connectivity index (χ4v) is 3.66. The van der Waals surface area contributed by atoms with E-state index in [4.69, 9.17) is 0 Å². The molecule has 0 spiro atoms. The minimum absolute atomic E-state index is 0.102. The molecule has 126 valence electrons. The molecule has 1 aliphatic heterocycles. The minimum atomic E-state index is -0.130. The zero-order chi connectivity index (χ0) is 16.9. The Bertz CT molecular complexity index is 688. The number of rotatable bonds is 5. The summed E-state index contributed by atoms with van der Waals surface area (Å²) in [5.74, 6) is 0.0833. The van der Waals surface area contributed by atoms with E-state index in [9.17, 15) is 9.59 Å². The molecule has 0 aromatic carbocycles. The van der Waals surface area contributed by atoms with Gasteiger partial charge in [0.05, 0.1) is 18.2 Å². The van der Waals surface area contributed by atoms with Crippen molar-refractivity contribution in [3.8, 4) is 0 Å². The molecule has 0 N–H and O–H groups in total. The molecule has 3 rings (SSSR count). The highest BCUT2D eigenvalue weighted by atomic mass is 32.1. The molecule has 0 aliphatic carbocycles. The second-order valence-electron chi connectivity index (χ2n) is 6.16. The number of likely N-dealkylation sites (tertiary alicyclic amines) is 1. The van der Waals surface area contributed by atoms with Crippen molar-refractivity contribution in [3.63, 3.8) is 0 Å². The SMILES string of the molecule is CN(Cc1ccsc1)C(=O)[C@H]1CCC(=O)N(Cc2ccccn2)C1. The maximum atomic E-state index is 12.7. The Hall–Kier alpha value is -2.21. The molecule has 0 radical (unpaired) electrons. The number of nitrogens with zero attached hydrogens (tertiary/aromatic N) is 3. The van der Waals surface area contributed by atoms with Crippen LogP contribution in [0, 0.1) is 5.92 Å². The summed E-state index contributed by atoms with van der Waals surface area (Å²) in [6.45, 7) is 1.56. The Morgan fingerprint density at radius 3 is 3.00 bits per heavy atom. The van der Waals surface area contributed by atoms with Crippen LogP contribution in [0.1, 0.15) is 24.1 Å². The lowest BCUT2D eigenvalue weighted by Crippen LogP contribution is -2.45. The maximum Gasteiger partial charge on any atom is 0.227 e. The van der Waals surface area contributed by atoms with Gasteiger partial charge in [0.15, 0.2) is 0 Å². The highest BCUT2D eigenvalue weighted by Gasteiger charge is 2.32. The second kappa shape index (κ2) is 7.57. The van der Waals surface area contributed by atoms with Crippen molar-refractivity contribution in [2.45, 2.75) is 25.9 Å². The van der Waals surface area contributed by atoms with Crippen molar-refractivity contribution in [1.29, 1.82) is 0 Å². The van der Waals surface area contributed by atoms with Gasteiger partial charge in [0.2, 0.25) is 11.8 Å². The normalized spacial score (nSPS) is 17.8. The molecule has 0 bridgehead atoms. The Morgan fingerprint density at radius 1 is 1.42 bits per heavy atom. The van der Waals surface area contributed by atoms with Crippen LogP contribution in [0.25, 0.3) is 0 Å². The summed E-state index contributed by atoms with van der Waals surface area (Å²) < 4.78 is 0. The lowest BCUT2D eigenvalue weighted by molar-refractivity contribution is -0.143. The van der Waals surface area contributed by atoms with Gasteiger partial charge in [0.25, 0.3) is 0 Å². The molecule has 1 atom stereocenters. The lowest BCUT2D eigenvalue weighted by atomic mass is 9.95. The highest BCUT2D eigenvalue weighted by Crippen LogP contribution is 2.22. The van der Waals surface area contributed by atoms with Crippen LogP contribution >= 0.6 is 11.3 Å². The first kappa shape index (κ1) is 16.6. The third-order valence-electron chi connectivity index (χ3n) is 4.30. The molecule has 6 heteroatoms. The van der Waals surface area contributed by atoms with Gasteiger partial charge in [-0.3, -0.25) is 14.6 Å². The van der Waals surface area contributed by atoms with Crippen LogP contribution < -0.4 is 0 Å². The first-order chi connectivity index (χ1) is 11.6. The Kier molecular flexibility index (Phi) is 5.25. The Balaban J connectivity index is 1.61. The first-order valence-electron chi connectivity index (χ1n) is 8.07. The molecular weight excluding hydrogens is 322 g/mol. The molecule has 0 saturated carbocycles. The predicted octanol–water partition coefficient (Wildman–Crippen LogP) is 2.54. The number of hydrogen-bond donors (Lipinski definition) is 0. The zero-order valence-electron chi connectivity index (χ0n) is 13.7. The zero-order valence-corrected chi connectivity index (χ0v) is 14.5. The lowest BCUT2D eigenvalue weighted by Gasteiger charge is -2.33. The van der Waals surface area contributed by atoms with E-state index in [1.54, 1.807) is 27.3 Å². The fourth-order valence-electron chi connectivity index (χ4n) is 3.00. The number of pyridine rings is 1. The molecule has 2 aromatic heterocycles. The second-order valence-corrected chi connectivity index (χ2v) is 6.94. The van der Waals surface area contributed by atoms with Crippen LogP contribution in [0.4, 0.5) is 0 Å². The molecular formula is C18H21N3O2S. The van der Waals surface area contributed by atoms with Crippen molar-refractivity contribution in [1.82, 2.24) is 14.8 Å². The summed E-state index contributed by atoms with van der Waals surface area (Å²) in [6, 6.07) is 7.70. The van der Waals surface area contributed by atoms with Crippen molar-refractivity contribution in [3.05, 3.63) is 52.5 Å². The number of aromatic nitrogens is 1. The summed E-state index contributed by atoms with van der Waals surface area (Å²) in [5.41, 5.74) is 2.00. The Labute approximate surface area is 145 Å². The van der Waals surface area contributed by atoms with Gasteiger partial charge in [-0.15, -0.1) is 0 Å². The molecule has 3 heterocycles. The van der Waals surface area contributed by atoms with Crippen molar-refractivity contribution >= 4 is 23.2 Å². The van der Waals surface area contributed by atoms with Crippen LogP contribution in [0.15, 0.2) is 41.2 Å². The standard InChI is InChI=1S/C18H21N3O2S/c1-20(10-14-7-9-24-13-14)18(23)15-5-6-17(22)21(11-15)12-16-4-2-3-8-19-16/h2-4,7-9,13,15H,5-6,10-12H2,1H3/t15-/m0/s1. The van der Waals surface area contributed by atoms with E-state index in [-0.39, 0.29) is 17.7 Å². The van der Waals surface area contributed by atoms with Gasteiger partial charge < -0.3 is 9.80 Å². The molecule has 2 amide bonds. The third-order valence-corrected chi connectivity index (χ3v) is 5.04. The molecule has 1 aliphatic rings. The smallest absolute Gasteiger partial charge is 0.227 e. The molecule has 1 fully saturated rings. The van der Waals surface area contributed by atoms with E-state index in [0.29, 0.717) is 32.5 Å². The number of carbonyl (C=O) groups is 2. The van der Waals surface area contributed by atoms with Gasteiger partial charge in [-0.1, -0.05) is 6.07 Å². The van der Waals surface area contributed by atoms with E-state index in [1.807, 2.05) is 36.7 Å². The predicted molar refractivity (Wildman–Crippen MR) is 93.2 cm³/mol. The summed E-state index contributed by atoms with van der Waals surface area (Å²) in [7, 11) is 1.83. The summed E-state index contributed by atoms with van der Waals surface area (Å²) in [4.78, 5) is 32.7. The van der Waals surface area contributed by atoms with E-state index in [1.165, 1.54) is 0 Å². The summed E-state index contributed by atoms with van der Waals surface area (Å²) in [5, 5.41) is 4.07. The maximum absolute atomic E-state index is 12.7. The number of amides is 2. The highest BCUT2D eigenvalue weighted by molar-refractivity contribution is 7.07. The van der Waals surface area contributed by atoms with Gasteiger partial charge in [0, 0.05) is 32.8 Å². The molecule has 24 heavy (non-hydrogen) atoms. The number of piperidine rings is 1. The van der Waals surface area contributed by atoms with E-state index in [2.05, 4.69) is 10.4 Å². The number of hydrogen-bond acceptors (Lipinski definition) is 4. The summed E-state index contributed by atoms with van der Waals surface area (Å²) in [6.07, 6.45) is 2.78. The van der Waals surface area contributed by atoms with E-state index in [0.717, 1.165) is 11.3 Å². The van der Waals surface area contributed by atoms with E-state index >= 15 is 0 Å². The van der Waals surface area contributed by atoms with Gasteiger partial charge >= 0.3 is 0 Å².